The van der Waals surface area contributed by atoms with Crippen LogP contribution < -0.4 is 5.73 Å². The van der Waals surface area contributed by atoms with E-state index in [1.54, 1.807) is 18.3 Å². The van der Waals surface area contributed by atoms with Gasteiger partial charge in [-0.1, -0.05) is 0 Å². The Labute approximate surface area is 97.3 Å². The molecule has 0 radical (unpaired) electrons. The van der Waals surface area contributed by atoms with Crippen LogP contribution in [0.2, 0.25) is 0 Å². The first-order valence-electron chi connectivity index (χ1n) is 4.92. The lowest BCUT2D eigenvalue weighted by atomic mass is 10.1. The van der Waals surface area contributed by atoms with E-state index in [9.17, 15) is 10.1 Å². The number of nitro groups is 1. The molecule has 2 aromatic rings. The zero-order valence-electron chi connectivity index (χ0n) is 9.12. The van der Waals surface area contributed by atoms with Gasteiger partial charge in [-0.2, -0.15) is 0 Å². The Kier molecular flexibility index (Phi) is 2.70. The van der Waals surface area contributed by atoms with Crippen LogP contribution in [0, 0.1) is 17.0 Å². The molecule has 17 heavy (non-hydrogen) atoms. The van der Waals surface area contributed by atoms with Crippen molar-refractivity contribution in [2.75, 3.05) is 5.73 Å². The van der Waals surface area contributed by atoms with E-state index in [-0.39, 0.29) is 17.2 Å². The summed E-state index contributed by atoms with van der Waals surface area (Å²) < 4.78 is 0. The zero-order valence-corrected chi connectivity index (χ0v) is 9.12. The third-order valence-corrected chi connectivity index (χ3v) is 2.28. The molecule has 0 atom stereocenters. The van der Waals surface area contributed by atoms with Gasteiger partial charge in [-0.25, -0.2) is 4.98 Å². The lowest BCUT2D eigenvalue weighted by Crippen LogP contribution is -1.98. The molecule has 0 aliphatic rings. The van der Waals surface area contributed by atoms with Gasteiger partial charge in [-0.05, 0) is 25.1 Å². The van der Waals surface area contributed by atoms with E-state index >= 15 is 0 Å². The minimum absolute atomic E-state index is 0.0788. The first-order chi connectivity index (χ1) is 8.08. The number of pyridine rings is 2. The second-order valence-electron chi connectivity index (χ2n) is 3.55. The monoisotopic (exact) mass is 230 g/mol. The molecular formula is C11H10N4O2. The molecule has 0 fully saturated rings. The number of rotatable bonds is 2. The summed E-state index contributed by atoms with van der Waals surface area (Å²) in [5.41, 5.74) is 7.11. The van der Waals surface area contributed by atoms with Crippen LogP contribution in [0.25, 0.3) is 11.3 Å². The Morgan fingerprint density at radius 3 is 2.65 bits per heavy atom. The summed E-state index contributed by atoms with van der Waals surface area (Å²) in [5, 5.41) is 10.9. The minimum Gasteiger partial charge on any atom is -0.384 e. The van der Waals surface area contributed by atoms with Crippen molar-refractivity contribution >= 4 is 11.5 Å². The molecule has 0 bridgehead atoms. The van der Waals surface area contributed by atoms with Crippen molar-refractivity contribution in [2.45, 2.75) is 6.92 Å². The highest BCUT2D eigenvalue weighted by molar-refractivity contribution is 5.70. The van der Waals surface area contributed by atoms with Crippen LogP contribution in [-0.4, -0.2) is 14.9 Å². The fourth-order valence-electron chi connectivity index (χ4n) is 1.43. The van der Waals surface area contributed by atoms with Gasteiger partial charge >= 0.3 is 0 Å². The number of hydrogen-bond acceptors (Lipinski definition) is 5. The molecule has 0 aromatic carbocycles. The van der Waals surface area contributed by atoms with E-state index in [1.165, 1.54) is 12.1 Å². The highest BCUT2D eigenvalue weighted by atomic mass is 16.6. The van der Waals surface area contributed by atoms with E-state index < -0.39 is 4.92 Å². The van der Waals surface area contributed by atoms with Crippen LogP contribution >= 0.6 is 0 Å². The van der Waals surface area contributed by atoms with Crippen molar-refractivity contribution < 1.29 is 4.92 Å². The molecule has 6 heteroatoms. The van der Waals surface area contributed by atoms with Gasteiger partial charge in [0.05, 0.1) is 4.92 Å². The van der Waals surface area contributed by atoms with Gasteiger partial charge in [-0.15, -0.1) is 0 Å². The van der Waals surface area contributed by atoms with E-state index in [0.717, 1.165) is 5.69 Å². The van der Waals surface area contributed by atoms with Crippen molar-refractivity contribution in [3.05, 3.63) is 46.3 Å². The maximum Gasteiger partial charge on any atom is 0.295 e. The molecule has 0 aliphatic heterocycles. The highest BCUT2D eigenvalue weighted by Crippen LogP contribution is 2.28. The second kappa shape index (κ2) is 4.17. The summed E-state index contributed by atoms with van der Waals surface area (Å²) in [6.45, 7) is 1.84. The lowest BCUT2D eigenvalue weighted by Gasteiger charge is -2.03. The molecule has 6 nitrogen and oxygen atoms in total. The van der Waals surface area contributed by atoms with Crippen LogP contribution in [-0.2, 0) is 0 Å². The topological polar surface area (TPSA) is 94.9 Å². The summed E-state index contributed by atoms with van der Waals surface area (Å²) in [6.07, 6.45) is 1.55. The Bertz CT molecular complexity index is 566. The van der Waals surface area contributed by atoms with E-state index in [1.807, 2.05) is 6.92 Å². The molecule has 0 unspecified atom stereocenters. The van der Waals surface area contributed by atoms with Gasteiger partial charge in [-0.3, -0.25) is 15.1 Å². The van der Waals surface area contributed by atoms with Crippen LogP contribution in [0.5, 0.6) is 0 Å². The number of hydrogen-bond donors (Lipinski definition) is 1. The average molecular weight is 230 g/mol. The van der Waals surface area contributed by atoms with Crippen LogP contribution in [0.3, 0.4) is 0 Å². The van der Waals surface area contributed by atoms with E-state index in [4.69, 9.17) is 5.73 Å². The molecule has 0 spiro atoms. The summed E-state index contributed by atoms with van der Waals surface area (Å²) >= 11 is 0. The fraction of sp³-hybridized carbons (Fsp3) is 0.0909. The average Bonchev–Trinajstić information content (AvgIpc) is 2.29. The van der Waals surface area contributed by atoms with Crippen molar-refractivity contribution in [1.29, 1.82) is 0 Å². The summed E-state index contributed by atoms with van der Waals surface area (Å²) in [6, 6.07) is 6.25. The SMILES string of the molecule is Cc1ccc(-c2nc(N)ccc2[N+](=O)[O-])cn1. The Morgan fingerprint density at radius 2 is 2.06 bits per heavy atom. The molecule has 0 aliphatic carbocycles. The normalized spacial score (nSPS) is 10.2. The number of aryl methyl sites for hydroxylation is 1. The predicted octanol–water partition coefficient (Wildman–Crippen LogP) is 1.94. The standard InChI is InChI=1S/C11H10N4O2/c1-7-2-3-8(6-13-7)11-9(15(16)17)4-5-10(12)14-11/h2-6H,1H3,(H2,12,14). The van der Waals surface area contributed by atoms with Crippen molar-refractivity contribution in [1.82, 2.24) is 9.97 Å². The minimum atomic E-state index is -0.484. The summed E-state index contributed by atoms with van der Waals surface area (Å²) in [5.74, 6) is 0.242. The smallest absolute Gasteiger partial charge is 0.295 e. The Hall–Kier alpha value is -2.50. The first-order valence-corrected chi connectivity index (χ1v) is 4.92. The van der Waals surface area contributed by atoms with Crippen LogP contribution in [0.15, 0.2) is 30.5 Å². The first kappa shape index (κ1) is 11.0. The van der Waals surface area contributed by atoms with E-state index in [2.05, 4.69) is 9.97 Å². The number of nitrogens with zero attached hydrogens (tertiary/aromatic N) is 3. The van der Waals surface area contributed by atoms with Crippen LogP contribution in [0.4, 0.5) is 11.5 Å². The third kappa shape index (κ3) is 2.20. The number of nitrogen functional groups attached to an aromatic ring is 1. The molecule has 2 aromatic heterocycles. The number of nitrogens with two attached hydrogens (primary N) is 1. The fourth-order valence-corrected chi connectivity index (χ4v) is 1.43. The molecule has 2 rings (SSSR count). The van der Waals surface area contributed by atoms with Crippen molar-refractivity contribution in [3.8, 4) is 11.3 Å². The maximum absolute atomic E-state index is 10.9. The molecule has 0 saturated carbocycles. The third-order valence-electron chi connectivity index (χ3n) is 2.28. The molecule has 2 heterocycles. The molecule has 0 saturated heterocycles. The van der Waals surface area contributed by atoms with Crippen LogP contribution in [0.1, 0.15) is 5.69 Å². The largest absolute Gasteiger partial charge is 0.384 e. The predicted molar refractivity (Wildman–Crippen MR) is 63.3 cm³/mol. The second-order valence-corrected chi connectivity index (χ2v) is 3.55. The quantitative estimate of drug-likeness (QED) is 0.628. The van der Waals surface area contributed by atoms with Gasteiger partial charge < -0.3 is 5.73 Å². The molecular weight excluding hydrogens is 220 g/mol. The van der Waals surface area contributed by atoms with Gasteiger partial charge in [0.25, 0.3) is 5.69 Å². The highest BCUT2D eigenvalue weighted by Gasteiger charge is 2.17. The van der Waals surface area contributed by atoms with E-state index in [0.29, 0.717) is 5.56 Å². The molecule has 0 amide bonds. The van der Waals surface area contributed by atoms with Gasteiger partial charge in [0.15, 0.2) is 5.69 Å². The number of aromatic nitrogens is 2. The Morgan fingerprint density at radius 1 is 1.29 bits per heavy atom. The Balaban J connectivity index is 2.60. The molecule has 2 N–H and O–H groups in total. The van der Waals surface area contributed by atoms with Gasteiger partial charge in [0.1, 0.15) is 5.82 Å². The zero-order chi connectivity index (χ0) is 12.4. The molecule has 86 valence electrons. The number of anilines is 1. The lowest BCUT2D eigenvalue weighted by molar-refractivity contribution is -0.384. The van der Waals surface area contributed by atoms with Crippen molar-refractivity contribution in [2.24, 2.45) is 0 Å². The summed E-state index contributed by atoms with van der Waals surface area (Å²) in [7, 11) is 0. The van der Waals surface area contributed by atoms with Crippen molar-refractivity contribution in [3.63, 3.8) is 0 Å². The summed E-state index contributed by atoms with van der Waals surface area (Å²) in [4.78, 5) is 18.5. The van der Waals surface area contributed by atoms with Gasteiger partial charge in [0, 0.05) is 23.5 Å². The van der Waals surface area contributed by atoms with Gasteiger partial charge in [0.2, 0.25) is 0 Å². The maximum atomic E-state index is 10.9.